The summed E-state index contributed by atoms with van der Waals surface area (Å²) in [6.07, 6.45) is 1.43. The summed E-state index contributed by atoms with van der Waals surface area (Å²) >= 11 is 0. The van der Waals surface area contributed by atoms with Gasteiger partial charge in [0.15, 0.2) is 5.69 Å². The Balaban J connectivity index is 2.64. The van der Waals surface area contributed by atoms with Crippen molar-refractivity contribution in [1.29, 1.82) is 0 Å². The lowest BCUT2D eigenvalue weighted by molar-refractivity contribution is -0.138. The molecule has 1 amide bonds. The Kier molecular flexibility index (Phi) is 3.11. The molecule has 0 spiro atoms. The summed E-state index contributed by atoms with van der Waals surface area (Å²) in [7, 11) is 0. The number of carbonyl (C=O) groups is 2. The lowest BCUT2D eigenvalue weighted by Crippen LogP contribution is -2.38. The van der Waals surface area contributed by atoms with Crippen LogP contribution in [0.3, 0.4) is 0 Å². The van der Waals surface area contributed by atoms with Gasteiger partial charge in [-0.05, 0) is 19.1 Å². The minimum Gasteiger partial charge on any atom is -0.480 e. The molecule has 6 heteroatoms. The number of hydrogen-bond donors (Lipinski definition) is 2. The van der Waals surface area contributed by atoms with Crippen molar-refractivity contribution in [3.05, 3.63) is 24.0 Å². The van der Waals surface area contributed by atoms with Crippen LogP contribution in [0.2, 0.25) is 0 Å². The predicted octanol–water partition coefficient (Wildman–Crippen LogP) is -0.321. The van der Waals surface area contributed by atoms with E-state index in [1.54, 1.807) is 6.07 Å². The molecule has 1 atom stereocenters. The fourth-order valence-corrected chi connectivity index (χ4v) is 0.755. The van der Waals surface area contributed by atoms with Gasteiger partial charge >= 0.3 is 5.97 Å². The second kappa shape index (κ2) is 4.31. The maximum Gasteiger partial charge on any atom is 0.325 e. The summed E-state index contributed by atoms with van der Waals surface area (Å²) in [6, 6.07) is 2.06. The number of carboxylic acids is 1. The van der Waals surface area contributed by atoms with Gasteiger partial charge in [0.25, 0.3) is 5.91 Å². The summed E-state index contributed by atoms with van der Waals surface area (Å²) in [5.41, 5.74) is 0.0978. The first-order chi connectivity index (χ1) is 6.61. The quantitative estimate of drug-likeness (QED) is 0.689. The lowest BCUT2D eigenvalue weighted by atomic mass is 10.3. The van der Waals surface area contributed by atoms with Gasteiger partial charge < -0.3 is 10.4 Å². The summed E-state index contributed by atoms with van der Waals surface area (Å²) in [5, 5.41) is 17.8. The second-order valence-electron chi connectivity index (χ2n) is 2.64. The highest BCUT2D eigenvalue weighted by molar-refractivity contribution is 5.94. The first kappa shape index (κ1) is 10.1. The molecule has 0 saturated heterocycles. The largest absolute Gasteiger partial charge is 0.480 e. The standard InChI is InChI=1S/C8H9N3O3/c1-5(8(13)14)10-7(12)6-3-2-4-9-11-6/h2-5H,1H3,(H,10,12)(H,13,14)/t5-/m0/s1. The van der Waals surface area contributed by atoms with Crippen molar-refractivity contribution >= 4 is 11.9 Å². The van der Waals surface area contributed by atoms with E-state index in [2.05, 4.69) is 15.5 Å². The molecule has 14 heavy (non-hydrogen) atoms. The second-order valence-corrected chi connectivity index (χ2v) is 2.64. The minimum absolute atomic E-state index is 0.0978. The van der Waals surface area contributed by atoms with Crippen LogP contribution in [0.4, 0.5) is 0 Å². The van der Waals surface area contributed by atoms with Gasteiger partial charge in [-0.25, -0.2) is 0 Å². The summed E-state index contributed by atoms with van der Waals surface area (Å²) in [4.78, 5) is 21.7. The molecule has 6 nitrogen and oxygen atoms in total. The highest BCUT2D eigenvalue weighted by Gasteiger charge is 2.15. The number of rotatable bonds is 3. The number of nitrogens with one attached hydrogen (secondary N) is 1. The fourth-order valence-electron chi connectivity index (χ4n) is 0.755. The van der Waals surface area contributed by atoms with Crippen LogP contribution < -0.4 is 5.32 Å². The summed E-state index contributed by atoms with van der Waals surface area (Å²) in [6.45, 7) is 1.37. The van der Waals surface area contributed by atoms with Crippen LogP contribution in [0.1, 0.15) is 17.4 Å². The molecule has 1 aromatic rings. The molecule has 0 fully saturated rings. The van der Waals surface area contributed by atoms with E-state index in [1.807, 2.05) is 0 Å². The van der Waals surface area contributed by atoms with Crippen molar-refractivity contribution < 1.29 is 14.7 Å². The lowest BCUT2D eigenvalue weighted by Gasteiger charge is -2.07. The molecule has 0 aliphatic carbocycles. The first-order valence-corrected chi connectivity index (χ1v) is 3.92. The van der Waals surface area contributed by atoms with Gasteiger partial charge in [0.1, 0.15) is 6.04 Å². The zero-order chi connectivity index (χ0) is 10.6. The van der Waals surface area contributed by atoms with E-state index in [-0.39, 0.29) is 5.69 Å². The molecule has 0 aliphatic heterocycles. The highest BCUT2D eigenvalue weighted by Crippen LogP contribution is 1.92. The van der Waals surface area contributed by atoms with Crippen LogP contribution in [-0.4, -0.2) is 33.2 Å². The molecule has 1 heterocycles. The molecule has 0 aromatic carbocycles. The number of aliphatic carboxylic acids is 1. The van der Waals surface area contributed by atoms with Crippen LogP contribution in [-0.2, 0) is 4.79 Å². The Labute approximate surface area is 80.0 Å². The van der Waals surface area contributed by atoms with Gasteiger partial charge in [-0.15, -0.1) is 5.10 Å². The maximum atomic E-state index is 11.3. The van der Waals surface area contributed by atoms with E-state index < -0.39 is 17.9 Å². The molecule has 1 rings (SSSR count). The third-order valence-electron chi connectivity index (χ3n) is 1.52. The van der Waals surface area contributed by atoms with Gasteiger partial charge in [0.05, 0.1) is 0 Å². The number of carboxylic acid groups (broad SMARTS) is 1. The zero-order valence-electron chi connectivity index (χ0n) is 7.47. The molecule has 1 aromatic heterocycles. The fraction of sp³-hybridized carbons (Fsp3) is 0.250. The molecule has 74 valence electrons. The summed E-state index contributed by atoms with van der Waals surface area (Å²) in [5.74, 6) is -1.64. The van der Waals surface area contributed by atoms with E-state index in [0.717, 1.165) is 0 Å². The molecule has 0 unspecified atom stereocenters. The molecular formula is C8H9N3O3. The van der Waals surface area contributed by atoms with Gasteiger partial charge in [-0.2, -0.15) is 5.10 Å². The number of aromatic nitrogens is 2. The molecular weight excluding hydrogens is 186 g/mol. The van der Waals surface area contributed by atoms with Crippen LogP contribution in [0, 0.1) is 0 Å². The Morgan fingerprint density at radius 3 is 2.79 bits per heavy atom. The van der Waals surface area contributed by atoms with Crippen LogP contribution >= 0.6 is 0 Å². The average Bonchev–Trinajstić information content (AvgIpc) is 2.19. The SMILES string of the molecule is C[C@H](NC(=O)c1cccnn1)C(=O)O. The average molecular weight is 195 g/mol. The first-order valence-electron chi connectivity index (χ1n) is 3.92. The van der Waals surface area contributed by atoms with E-state index >= 15 is 0 Å². The van der Waals surface area contributed by atoms with Crippen LogP contribution in [0.25, 0.3) is 0 Å². The molecule has 0 aliphatic rings. The third kappa shape index (κ3) is 2.51. The van der Waals surface area contributed by atoms with Crippen LogP contribution in [0.5, 0.6) is 0 Å². The number of amides is 1. The normalized spacial score (nSPS) is 11.8. The van der Waals surface area contributed by atoms with Crippen molar-refractivity contribution in [2.75, 3.05) is 0 Å². The third-order valence-corrected chi connectivity index (χ3v) is 1.52. The van der Waals surface area contributed by atoms with Crippen molar-refractivity contribution in [2.45, 2.75) is 13.0 Å². The van der Waals surface area contributed by atoms with Crippen molar-refractivity contribution in [3.63, 3.8) is 0 Å². The summed E-state index contributed by atoms with van der Waals surface area (Å²) < 4.78 is 0. The number of nitrogens with zero attached hydrogens (tertiary/aromatic N) is 2. The van der Waals surface area contributed by atoms with Gasteiger partial charge in [-0.1, -0.05) is 0 Å². The Morgan fingerprint density at radius 1 is 1.57 bits per heavy atom. The van der Waals surface area contributed by atoms with Gasteiger partial charge in [0.2, 0.25) is 0 Å². The van der Waals surface area contributed by atoms with Crippen LogP contribution in [0.15, 0.2) is 18.3 Å². The van der Waals surface area contributed by atoms with Crippen molar-refractivity contribution in [1.82, 2.24) is 15.5 Å². The Hall–Kier alpha value is -1.98. The smallest absolute Gasteiger partial charge is 0.325 e. The topological polar surface area (TPSA) is 92.2 Å². The monoisotopic (exact) mass is 195 g/mol. The van der Waals surface area contributed by atoms with E-state index in [4.69, 9.17) is 5.11 Å². The molecule has 0 saturated carbocycles. The highest BCUT2D eigenvalue weighted by atomic mass is 16.4. The molecule has 2 N–H and O–H groups in total. The van der Waals surface area contributed by atoms with Gasteiger partial charge in [0, 0.05) is 6.20 Å². The van der Waals surface area contributed by atoms with Gasteiger partial charge in [-0.3, -0.25) is 9.59 Å². The Morgan fingerprint density at radius 2 is 2.29 bits per heavy atom. The maximum absolute atomic E-state index is 11.3. The predicted molar refractivity (Wildman–Crippen MR) is 46.6 cm³/mol. The van der Waals surface area contributed by atoms with E-state index in [9.17, 15) is 9.59 Å². The van der Waals surface area contributed by atoms with E-state index in [0.29, 0.717) is 0 Å². The van der Waals surface area contributed by atoms with Crippen molar-refractivity contribution in [3.8, 4) is 0 Å². The Bertz CT molecular complexity index is 339. The number of hydrogen-bond acceptors (Lipinski definition) is 4. The minimum atomic E-state index is -1.10. The molecule has 0 bridgehead atoms. The zero-order valence-corrected chi connectivity index (χ0v) is 7.47. The van der Waals surface area contributed by atoms with Crippen molar-refractivity contribution in [2.24, 2.45) is 0 Å². The molecule has 0 radical (unpaired) electrons. The van der Waals surface area contributed by atoms with E-state index in [1.165, 1.54) is 19.2 Å². The number of carbonyl (C=O) groups excluding carboxylic acids is 1.